The first-order chi connectivity index (χ1) is 33.4. The number of hydrogen-bond donors (Lipinski definition) is 1. The van der Waals surface area contributed by atoms with Crippen molar-refractivity contribution in [2.45, 2.75) is 99.3 Å². The van der Waals surface area contributed by atoms with E-state index in [1.165, 1.54) is 16.7 Å². The van der Waals surface area contributed by atoms with Crippen molar-refractivity contribution in [3.8, 4) is 78.6 Å². The molecule has 9 rings (SSSR count). The molecule has 0 atom stereocenters. The topological polar surface area (TPSA) is 50.9 Å². The molecule has 0 saturated heterocycles. The molecule has 7 aromatic carbocycles. The number of para-hydroxylation sites is 1. The summed E-state index contributed by atoms with van der Waals surface area (Å²) in [5, 5.41) is 12.1. The minimum atomic E-state index is -0.282. The molecule has 0 amide bonds. The van der Waals surface area contributed by atoms with Gasteiger partial charge in [0, 0.05) is 33.0 Å². The van der Waals surface area contributed by atoms with Gasteiger partial charge in [-0.2, -0.15) is 0 Å². The van der Waals surface area contributed by atoms with Gasteiger partial charge < -0.3 is 5.11 Å². The molecule has 5 heteroatoms. The van der Waals surface area contributed by atoms with E-state index < -0.39 is 0 Å². The maximum Gasteiger partial charge on any atom is 0.148 e. The zero-order valence-corrected chi connectivity index (χ0v) is 43.5. The number of rotatable bonds is 7. The van der Waals surface area contributed by atoms with Crippen LogP contribution >= 0.6 is 0 Å². The predicted molar refractivity (Wildman–Crippen MR) is 282 cm³/mol. The molecule has 1 N–H and O–H groups in total. The van der Waals surface area contributed by atoms with Crippen molar-refractivity contribution in [3.05, 3.63) is 191 Å². The average molecular weight is 1080 g/mol. The number of pyridine rings is 1. The molecule has 2 heterocycles. The number of hydrogen-bond acceptors (Lipinski definition) is 3. The molecular weight excluding hydrogens is 1010 g/mol. The summed E-state index contributed by atoms with van der Waals surface area (Å²) < 4.78 is 37.0. The molecule has 0 saturated carbocycles. The van der Waals surface area contributed by atoms with Gasteiger partial charge in [-0.1, -0.05) is 182 Å². The van der Waals surface area contributed by atoms with Crippen LogP contribution < -0.4 is 0 Å². The fourth-order valence-electron chi connectivity index (χ4n) is 9.07. The van der Waals surface area contributed by atoms with Crippen LogP contribution in [0.4, 0.5) is 0 Å². The number of nitrogens with zero attached hydrogens (tertiary/aromatic N) is 3. The number of benzene rings is 7. The van der Waals surface area contributed by atoms with Crippen LogP contribution in [0, 0.1) is 26.8 Å². The van der Waals surface area contributed by atoms with Crippen LogP contribution in [0.5, 0.6) is 5.75 Å². The summed E-state index contributed by atoms with van der Waals surface area (Å²) in [5.74, 6) is 0.802. The molecule has 0 bridgehead atoms. The number of aromatic nitrogens is 3. The molecule has 4 nitrogen and oxygen atoms in total. The zero-order valence-electron chi connectivity index (χ0n) is 45.2. The second-order valence-electron chi connectivity index (χ2n) is 21.1. The van der Waals surface area contributed by atoms with Crippen LogP contribution in [0.3, 0.4) is 0 Å². The van der Waals surface area contributed by atoms with Gasteiger partial charge in [-0.3, -0.25) is 9.55 Å². The van der Waals surface area contributed by atoms with Gasteiger partial charge in [0.2, 0.25) is 0 Å². The zero-order chi connectivity index (χ0) is 51.1. The maximum atomic E-state index is 12.1. The first-order valence-corrected chi connectivity index (χ1v) is 23.2. The van der Waals surface area contributed by atoms with Crippen LogP contribution in [-0.4, -0.2) is 19.6 Å². The Kier molecular flexibility index (Phi) is 11.5. The standard InChI is InChI=1S/C63H62N3O.Pt/c1-39-24-26-42(27-25-39)44-30-31-64-54(37-44)47-34-46(35-49(36-47)62(7,8)9)51-21-17-23-56-58(51)65-60(52-38-48(61(4,5)6)33-41(3)59(52)67)66(56)55-29-28-45(32-40(55)2)57-50(43-18-14-13-15-19-43)20-16-22-53(57)63(10,11)12;/h13-33,35-38,67H,1-12H3;/q-1;/i24D,25D,26D,27D;. The van der Waals surface area contributed by atoms with E-state index in [0.29, 0.717) is 28.2 Å². The van der Waals surface area contributed by atoms with Crippen LogP contribution in [0.1, 0.15) is 101 Å². The van der Waals surface area contributed by atoms with Crippen molar-refractivity contribution in [1.82, 2.24) is 14.5 Å². The van der Waals surface area contributed by atoms with Gasteiger partial charge in [0.15, 0.2) is 0 Å². The number of phenols is 1. The van der Waals surface area contributed by atoms with Gasteiger partial charge in [-0.15, -0.1) is 29.3 Å². The first-order valence-electron chi connectivity index (χ1n) is 25.2. The number of imidazole rings is 1. The first kappa shape index (κ1) is 43.0. The predicted octanol–water partition coefficient (Wildman–Crippen LogP) is 16.7. The van der Waals surface area contributed by atoms with Crippen LogP contribution in [0.25, 0.3) is 83.9 Å². The van der Waals surface area contributed by atoms with Crippen molar-refractivity contribution >= 4 is 11.0 Å². The monoisotopic (exact) mass is 1080 g/mol. The normalized spacial score (nSPS) is 12.9. The minimum absolute atomic E-state index is 0. The Balaban J connectivity index is 0.00000693. The maximum absolute atomic E-state index is 12.1. The summed E-state index contributed by atoms with van der Waals surface area (Å²) in [7, 11) is 0. The summed E-state index contributed by atoms with van der Waals surface area (Å²) >= 11 is 0. The van der Waals surface area contributed by atoms with Gasteiger partial charge in [-0.25, -0.2) is 4.98 Å². The van der Waals surface area contributed by atoms with Crippen LogP contribution in [0.2, 0.25) is 0 Å². The van der Waals surface area contributed by atoms with Gasteiger partial charge in [0.25, 0.3) is 0 Å². The number of phenolic OH excluding ortho intramolecular Hbond substituents is 1. The van der Waals surface area contributed by atoms with Crippen molar-refractivity contribution in [2.24, 2.45) is 0 Å². The summed E-state index contributed by atoms with van der Waals surface area (Å²) in [4.78, 5) is 10.4. The van der Waals surface area contributed by atoms with Crippen LogP contribution in [0.15, 0.2) is 152 Å². The summed E-state index contributed by atoms with van der Waals surface area (Å²) in [6, 6.07) is 45.6. The summed E-state index contributed by atoms with van der Waals surface area (Å²) in [6.45, 7) is 25.6. The Hall–Kier alpha value is -6.35. The Labute approximate surface area is 424 Å². The van der Waals surface area contributed by atoms with Gasteiger partial charge in [0.1, 0.15) is 11.6 Å². The third-order valence-corrected chi connectivity index (χ3v) is 12.9. The van der Waals surface area contributed by atoms with E-state index in [9.17, 15) is 5.11 Å². The summed E-state index contributed by atoms with van der Waals surface area (Å²) in [5.41, 5.74) is 16.5. The van der Waals surface area contributed by atoms with E-state index in [0.717, 1.165) is 66.8 Å². The van der Waals surface area contributed by atoms with Crippen molar-refractivity contribution < 1.29 is 31.7 Å². The number of aryl methyl sites for hydroxylation is 2. The van der Waals surface area contributed by atoms with Crippen molar-refractivity contribution in [3.63, 3.8) is 0 Å². The Morgan fingerprint density at radius 3 is 1.90 bits per heavy atom. The molecule has 0 aliphatic heterocycles. The van der Waals surface area contributed by atoms with Crippen molar-refractivity contribution in [1.29, 1.82) is 0 Å². The number of aromatic hydroxyl groups is 1. The smallest absolute Gasteiger partial charge is 0.148 e. The van der Waals surface area contributed by atoms with E-state index in [2.05, 4.69) is 189 Å². The molecule has 0 aliphatic rings. The van der Waals surface area contributed by atoms with Crippen molar-refractivity contribution in [2.75, 3.05) is 0 Å². The average Bonchev–Trinajstić information content (AvgIpc) is 3.72. The molecule has 0 fully saturated rings. The Morgan fingerprint density at radius 1 is 0.559 bits per heavy atom. The SMILES string of the molecule is [2H]c1c([2H])c(-c2ccnc(-c3[c-]c(-c4cccc5c4nc(-c4cc(C(C)(C)C)cc(C)c4O)n5-c4ccc(-c5c(-c6ccccc6)cccc5C(C)(C)C)cc4C)cc(C(C)(C)C)c3)c2)c([2H])c([2H])c1C.[Pt]. The number of fused-ring (bicyclic) bond motifs is 1. The second kappa shape index (κ2) is 18.3. The fraction of sp³-hybridized carbons (Fsp3) is 0.238. The van der Waals surface area contributed by atoms with E-state index in [1.807, 2.05) is 13.0 Å². The molecule has 68 heavy (non-hydrogen) atoms. The van der Waals surface area contributed by atoms with Gasteiger partial charge >= 0.3 is 0 Å². The largest absolute Gasteiger partial charge is 0.507 e. The van der Waals surface area contributed by atoms with E-state index >= 15 is 0 Å². The van der Waals surface area contributed by atoms with E-state index in [1.54, 1.807) is 19.2 Å². The Bertz CT molecular complexity index is 3550. The second-order valence-corrected chi connectivity index (χ2v) is 21.1. The fourth-order valence-corrected chi connectivity index (χ4v) is 9.07. The van der Waals surface area contributed by atoms with Gasteiger partial charge in [-0.05, 0) is 123 Å². The van der Waals surface area contributed by atoms with E-state index in [-0.39, 0.29) is 72.8 Å². The molecule has 2 aromatic heterocycles. The molecule has 0 spiro atoms. The quantitative estimate of drug-likeness (QED) is 0.162. The third kappa shape index (κ3) is 9.29. The molecule has 0 unspecified atom stereocenters. The Morgan fingerprint density at radius 2 is 1.22 bits per heavy atom. The summed E-state index contributed by atoms with van der Waals surface area (Å²) in [6.07, 6.45) is 1.65. The molecule has 0 aliphatic carbocycles. The van der Waals surface area contributed by atoms with E-state index in [4.69, 9.17) is 15.5 Å². The molecule has 0 radical (unpaired) electrons. The molecular formula is C63H62N3OPt-. The molecule has 346 valence electrons. The van der Waals surface area contributed by atoms with Crippen LogP contribution in [-0.2, 0) is 37.3 Å². The molecule has 9 aromatic rings. The minimum Gasteiger partial charge on any atom is -0.507 e. The van der Waals surface area contributed by atoms with Gasteiger partial charge in [0.05, 0.1) is 27.8 Å². The third-order valence-electron chi connectivity index (χ3n) is 12.9.